The molecule has 5 rings (SSSR count). The molecular weight excluding hydrogens is 320 g/mol. The van der Waals surface area contributed by atoms with E-state index in [1.807, 2.05) is 6.07 Å². The summed E-state index contributed by atoms with van der Waals surface area (Å²) in [6.07, 6.45) is 4.97. The molecule has 1 heterocycles. The van der Waals surface area contributed by atoms with Crippen LogP contribution in [0.15, 0.2) is 42.5 Å². The van der Waals surface area contributed by atoms with E-state index in [1.54, 1.807) is 0 Å². The largest absolute Gasteiger partial charge is 0.392 e. The summed E-state index contributed by atoms with van der Waals surface area (Å²) in [5.41, 5.74) is 4.06. The van der Waals surface area contributed by atoms with Crippen molar-refractivity contribution in [1.82, 2.24) is 10.6 Å². The highest BCUT2D eigenvalue weighted by Crippen LogP contribution is 2.35. The van der Waals surface area contributed by atoms with Gasteiger partial charge in [0.2, 0.25) is 0 Å². The molecule has 1 aliphatic carbocycles. The first-order valence-corrected chi connectivity index (χ1v) is 9.86. The lowest BCUT2D eigenvalue weighted by molar-refractivity contribution is 0.283. The number of piperazine rings is 1. The van der Waals surface area contributed by atoms with Crippen molar-refractivity contribution in [3.05, 3.63) is 59.2 Å². The average molecular weight is 348 g/mol. The Morgan fingerprint density at radius 1 is 0.731 bits per heavy atom. The molecule has 1 fully saturated rings. The first kappa shape index (κ1) is 17.5. The third-order valence-corrected chi connectivity index (χ3v) is 5.59. The number of hydrogen-bond donors (Lipinski definition) is 3. The molecule has 0 radical (unpaired) electrons. The number of rotatable bonds is 1. The van der Waals surface area contributed by atoms with Gasteiger partial charge in [-0.25, -0.2) is 0 Å². The third-order valence-electron chi connectivity index (χ3n) is 5.59. The van der Waals surface area contributed by atoms with Gasteiger partial charge in [0.05, 0.1) is 6.61 Å². The number of aryl methyl sites for hydroxylation is 2. The first-order chi connectivity index (χ1) is 12.9. The van der Waals surface area contributed by atoms with Crippen LogP contribution < -0.4 is 10.6 Å². The van der Waals surface area contributed by atoms with Crippen molar-refractivity contribution in [1.29, 1.82) is 0 Å². The van der Waals surface area contributed by atoms with Crippen molar-refractivity contribution in [2.24, 2.45) is 0 Å². The van der Waals surface area contributed by atoms with Gasteiger partial charge in [-0.15, -0.1) is 0 Å². The van der Waals surface area contributed by atoms with Crippen molar-refractivity contribution < 1.29 is 5.11 Å². The van der Waals surface area contributed by atoms with Gasteiger partial charge in [-0.05, 0) is 70.0 Å². The van der Waals surface area contributed by atoms with Crippen LogP contribution >= 0.6 is 0 Å². The van der Waals surface area contributed by atoms with Crippen LogP contribution in [0.5, 0.6) is 0 Å². The minimum Gasteiger partial charge on any atom is -0.392 e. The Kier molecular flexibility index (Phi) is 5.49. The van der Waals surface area contributed by atoms with Gasteiger partial charge in [-0.3, -0.25) is 0 Å². The Bertz CT molecular complexity index is 888. The normalized spacial score (nSPS) is 16.8. The number of nitrogens with one attached hydrogen (secondary N) is 2. The molecule has 0 unspecified atom stereocenters. The predicted octanol–water partition coefficient (Wildman–Crippen LogP) is 3.54. The van der Waals surface area contributed by atoms with Crippen LogP contribution in [-0.4, -0.2) is 31.3 Å². The van der Waals surface area contributed by atoms with E-state index in [0.29, 0.717) is 0 Å². The summed E-state index contributed by atoms with van der Waals surface area (Å²) in [6.45, 7) is 4.67. The van der Waals surface area contributed by atoms with Gasteiger partial charge in [0.25, 0.3) is 0 Å². The first-order valence-electron chi connectivity index (χ1n) is 9.86. The second kappa shape index (κ2) is 8.17. The molecule has 136 valence electrons. The Morgan fingerprint density at radius 3 is 2.08 bits per heavy atom. The van der Waals surface area contributed by atoms with Gasteiger partial charge in [-0.2, -0.15) is 0 Å². The number of benzene rings is 3. The summed E-state index contributed by atoms with van der Waals surface area (Å²) in [7, 11) is 0. The molecule has 0 aromatic heterocycles. The summed E-state index contributed by atoms with van der Waals surface area (Å²) in [6, 6.07) is 15.2. The average Bonchev–Trinajstić information content (AvgIpc) is 2.74. The van der Waals surface area contributed by atoms with Crippen LogP contribution in [0.25, 0.3) is 21.5 Å². The van der Waals surface area contributed by atoms with Crippen molar-refractivity contribution in [3.63, 3.8) is 0 Å². The van der Waals surface area contributed by atoms with E-state index in [1.165, 1.54) is 58.4 Å². The fraction of sp³-hybridized carbons (Fsp3) is 0.391. The van der Waals surface area contributed by atoms with Crippen LogP contribution in [0, 0.1) is 0 Å². The second-order valence-electron chi connectivity index (χ2n) is 7.24. The quantitative estimate of drug-likeness (QED) is 0.589. The minimum absolute atomic E-state index is 0.111. The summed E-state index contributed by atoms with van der Waals surface area (Å²) in [5, 5.41) is 21.3. The van der Waals surface area contributed by atoms with E-state index in [-0.39, 0.29) is 6.61 Å². The molecule has 0 saturated carbocycles. The highest BCUT2D eigenvalue weighted by Gasteiger charge is 2.14. The van der Waals surface area contributed by atoms with E-state index in [0.717, 1.165) is 31.7 Å². The molecule has 0 spiro atoms. The zero-order chi connectivity index (χ0) is 17.8. The smallest absolute Gasteiger partial charge is 0.0688 e. The fourth-order valence-electron chi connectivity index (χ4n) is 4.24. The number of aliphatic hydroxyl groups excluding tert-OH is 1. The molecule has 3 aromatic carbocycles. The molecule has 2 aliphatic rings. The maximum atomic E-state index is 9.70. The summed E-state index contributed by atoms with van der Waals surface area (Å²) >= 11 is 0. The van der Waals surface area contributed by atoms with Crippen molar-refractivity contribution in [2.75, 3.05) is 26.2 Å². The lowest BCUT2D eigenvalue weighted by atomic mass is 9.85. The molecule has 26 heavy (non-hydrogen) atoms. The third kappa shape index (κ3) is 3.48. The van der Waals surface area contributed by atoms with E-state index in [9.17, 15) is 5.11 Å². The van der Waals surface area contributed by atoms with E-state index in [4.69, 9.17) is 0 Å². The van der Waals surface area contributed by atoms with Crippen molar-refractivity contribution in [3.8, 4) is 0 Å². The summed E-state index contributed by atoms with van der Waals surface area (Å²) in [4.78, 5) is 0. The van der Waals surface area contributed by atoms with Crippen LogP contribution in [0.1, 0.15) is 29.5 Å². The molecule has 1 aliphatic heterocycles. The number of fused-ring (bicyclic) bond motifs is 5. The van der Waals surface area contributed by atoms with Gasteiger partial charge in [-0.1, -0.05) is 36.4 Å². The zero-order valence-corrected chi connectivity index (χ0v) is 15.4. The molecular formula is C23H28N2O. The maximum Gasteiger partial charge on any atom is 0.0688 e. The Hall–Kier alpha value is -1.94. The lowest BCUT2D eigenvalue weighted by Gasteiger charge is -2.19. The fourth-order valence-corrected chi connectivity index (χ4v) is 4.24. The molecule has 3 nitrogen and oxygen atoms in total. The molecule has 0 amide bonds. The standard InChI is InChI=1S/C19H18O.C4H10N2/c20-12-14-11-19-15-6-2-1-5-13(15)9-10-18(19)17-8-4-3-7-16(14)17;1-2-6-4-3-5-1/h3-4,7-11,20H,1-2,5-6,12H2;5-6H,1-4H2. The van der Waals surface area contributed by atoms with Gasteiger partial charge in [0.15, 0.2) is 0 Å². The van der Waals surface area contributed by atoms with Gasteiger partial charge >= 0.3 is 0 Å². The van der Waals surface area contributed by atoms with Crippen molar-refractivity contribution in [2.45, 2.75) is 32.3 Å². The molecule has 3 aromatic rings. The zero-order valence-electron chi connectivity index (χ0n) is 15.4. The Labute approximate surface area is 155 Å². The predicted molar refractivity (Wildman–Crippen MR) is 110 cm³/mol. The highest BCUT2D eigenvalue weighted by molar-refractivity contribution is 6.10. The second-order valence-corrected chi connectivity index (χ2v) is 7.24. The Morgan fingerprint density at radius 2 is 1.38 bits per heavy atom. The van der Waals surface area contributed by atoms with Gasteiger partial charge in [0, 0.05) is 26.2 Å². The number of hydrogen-bond acceptors (Lipinski definition) is 3. The molecule has 1 saturated heterocycles. The molecule has 0 bridgehead atoms. The highest BCUT2D eigenvalue weighted by atomic mass is 16.3. The van der Waals surface area contributed by atoms with Crippen LogP contribution in [0.3, 0.4) is 0 Å². The minimum atomic E-state index is 0.111. The topological polar surface area (TPSA) is 44.3 Å². The lowest BCUT2D eigenvalue weighted by Crippen LogP contribution is -2.39. The van der Waals surface area contributed by atoms with Crippen LogP contribution in [0.2, 0.25) is 0 Å². The number of aliphatic hydroxyl groups is 1. The maximum absolute atomic E-state index is 9.70. The monoisotopic (exact) mass is 348 g/mol. The molecule has 0 atom stereocenters. The van der Waals surface area contributed by atoms with E-state index >= 15 is 0 Å². The van der Waals surface area contributed by atoms with Gasteiger partial charge in [0.1, 0.15) is 0 Å². The van der Waals surface area contributed by atoms with E-state index in [2.05, 4.69) is 47.0 Å². The van der Waals surface area contributed by atoms with Crippen LogP contribution in [-0.2, 0) is 19.4 Å². The molecule has 3 heteroatoms. The van der Waals surface area contributed by atoms with E-state index < -0.39 is 0 Å². The summed E-state index contributed by atoms with van der Waals surface area (Å²) in [5.74, 6) is 0. The summed E-state index contributed by atoms with van der Waals surface area (Å²) < 4.78 is 0. The van der Waals surface area contributed by atoms with Crippen molar-refractivity contribution >= 4 is 21.5 Å². The van der Waals surface area contributed by atoms with Crippen LogP contribution in [0.4, 0.5) is 0 Å². The van der Waals surface area contributed by atoms with Gasteiger partial charge < -0.3 is 15.7 Å². The molecule has 3 N–H and O–H groups in total. The Balaban J connectivity index is 0.000000240. The SMILES string of the molecule is C1CNCCN1.OCc1cc2c3c(ccc2c2ccccc12)CCCC3.